The van der Waals surface area contributed by atoms with Crippen molar-refractivity contribution in [2.75, 3.05) is 13.1 Å². The first-order chi connectivity index (χ1) is 10.6. The van der Waals surface area contributed by atoms with Crippen LogP contribution in [-0.4, -0.2) is 43.6 Å². The number of hydrogen-bond acceptors (Lipinski definition) is 3. The van der Waals surface area contributed by atoms with Crippen molar-refractivity contribution in [1.82, 2.24) is 24.6 Å². The summed E-state index contributed by atoms with van der Waals surface area (Å²) >= 11 is 0. The third-order valence-corrected chi connectivity index (χ3v) is 4.40. The van der Waals surface area contributed by atoms with Crippen LogP contribution in [0.5, 0.6) is 0 Å². The number of hydrogen-bond donors (Lipinski definition) is 1. The number of imidazole rings is 1. The van der Waals surface area contributed by atoms with E-state index in [0.29, 0.717) is 12.3 Å². The predicted octanol–water partition coefficient (Wildman–Crippen LogP) is 1.79. The molecule has 0 radical (unpaired) electrons. The third kappa shape index (κ3) is 3.21. The number of aryl methyl sites for hydroxylation is 3. The van der Waals surface area contributed by atoms with Crippen LogP contribution >= 0.6 is 0 Å². The number of aromatic amines is 1. The first-order valence-corrected chi connectivity index (χ1v) is 7.89. The summed E-state index contributed by atoms with van der Waals surface area (Å²) in [5.74, 6) is 1.58. The van der Waals surface area contributed by atoms with Gasteiger partial charge in [-0.25, -0.2) is 4.98 Å². The lowest BCUT2D eigenvalue weighted by molar-refractivity contribution is -0.132. The van der Waals surface area contributed by atoms with Gasteiger partial charge >= 0.3 is 0 Å². The lowest BCUT2D eigenvalue weighted by Gasteiger charge is -2.32. The Morgan fingerprint density at radius 3 is 3.05 bits per heavy atom. The molecule has 0 unspecified atom stereocenters. The van der Waals surface area contributed by atoms with Gasteiger partial charge in [0.1, 0.15) is 5.82 Å². The molecule has 2 aromatic heterocycles. The maximum atomic E-state index is 12.5. The van der Waals surface area contributed by atoms with Crippen LogP contribution in [0.2, 0.25) is 0 Å². The van der Waals surface area contributed by atoms with Crippen molar-refractivity contribution in [2.24, 2.45) is 7.05 Å². The van der Waals surface area contributed by atoms with Crippen molar-refractivity contribution in [3.8, 4) is 0 Å². The fraction of sp³-hybridized carbons (Fsp3) is 0.562. The van der Waals surface area contributed by atoms with Gasteiger partial charge in [0, 0.05) is 56.3 Å². The summed E-state index contributed by atoms with van der Waals surface area (Å²) < 4.78 is 1.83. The minimum atomic E-state index is 0.231. The van der Waals surface area contributed by atoms with Gasteiger partial charge in [0.15, 0.2) is 0 Å². The Bertz CT molecular complexity index is 645. The van der Waals surface area contributed by atoms with Crippen LogP contribution in [0.3, 0.4) is 0 Å². The number of amides is 1. The Morgan fingerprint density at radius 1 is 1.50 bits per heavy atom. The van der Waals surface area contributed by atoms with Gasteiger partial charge in [-0.1, -0.05) is 0 Å². The first kappa shape index (κ1) is 14.8. The summed E-state index contributed by atoms with van der Waals surface area (Å²) in [5, 5.41) is 4.14. The van der Waals surface area contributed by atoms with E-state index in [-0.39, 0.29) is 5.91 Å². The first-order valence-electron chi connectivity index (χ1n) is 7.89. The van der Waals surface area contributed by atoms with Crippen molar-refractivity contribution < 1.29 is 4.79 Å². The number of nitrogens with zero attached hydrogens (tertiary/aromatic N) is 4. The van der Waals surface area contributed by atoms with Crippen LogP contribution in [0.1, 0.15) is 42.4 Å². The van der Waals surface area contributed by atoms with E-state index in [9.17, 15) is 4.79 Å². The number of likely N-dealkylation sites (tertiary alicyclic amines) is 1. The molecule has 118 valence electrons. The summed E-state index contributed by atoms with van der Waals surface area (Å²) in [4.78, 5) is 22.2. The zero-order valence-electron chi connectivity index (χ0n) is 13.2. The lowest BCUT2D eigenvalue weighted by Crippen LogP contribution is -2.39. The van der Waals surface area contributed by atoms with Gasteiger partial charge in [0.05, 0.1) is 0 Å². The molecule has 3 heterocycles. The molecular formula is C16H23N5O. The van der Waals surface area contributed by atoms with Crippen molar-refractivity contribution in [2.45, 2.75) is 38.5 Å². The molecule has 1 saturated heterocycles. The van der Waals surface area contributed by atoms with E-state index in [0.717, 1.165) is 49.6 Å². The quantitative estimate of drug-likeness (QED) is 0.936. The smallest absolute Gasteiger partial charge is 0.222 e. The topological polar surface area (TPSA) is 66.8 Å². The molecule has 0 aromatic carbocycles. The number of aromatic nitrogens is 4. The van der Waals surface area contributed by atoms with Crippen molar-refractivity contribution >= 4 is 5.91 Å². The highest BCUT2D eigenvalue weighted by molar-refractivity contribution is 5.76. The fourth-order valence-corrected chi connectivity index (χ4v) is 3.11. The minimum absolute atomic E-state index is 0.231. The molecule has 6 nitrogen and oxygen atoms in total. The summed E-state index contributed by atoms with van der Waals surface area (Å²) in [6.45, 7) is 3.65. The number of carbonyl (C=O) groups is 1. The van der Waals surface area contributed by atoms with Crippen LogP contribution < -0.4 is 0 Å². The zero-order chi connectivity index (χ0) is 15.5. The summed E-state index contributed by atoms with van der Waals surface area (Å²) in [6, 6.07) is 1.97. The number of H-pyrrole nitrogens is 1. The molecule has 0 aliphatic carbocycles. The SMILES string of the molecule is Cc1cnc([C@H]2CCCN(C(=O)CCc3ccnn3C)C2)[nH]1. The monoisotopic (exact) mass is 301 g/mol. The molecule has 2 aromatic rings. The number of rotatable bonds is 4. The van der Waals surface area contributed by atoms with Gasteiger partial charge in [-0.05, 0) is 32.3 Å². The molecule has 6 heteroatoms. The molecular weight excluding hydrogens is 278 g/mol. The second-order valence-electron chi connectivity index (χ2n) is 6.08. The van der Waals surface area contributed by atoms with E-state index in [1.165, 1.54) is 0 Å². The Kier molecular flexibility index (Phi) is 4.27. The lowest BCUT2D eigenvalue weighted by atomic mass is 9.97. The van der Waals surface area contributed by atoms with Gasteiger partial charge in [-0.2, -0.15) is 5.10 Å². The highest BCUT2D eigenvalue weighted by atomic mass is 16.2. The van der Waals surface area contributed by atoms with Crippen LogP contribution in [0.4, 0.5) is 0 Å². The molecule has 1 fully saturated rings. The van der Waals surface area contributed by atoms with Crippen molar-refractivity contribution in [3.05, 3.63) is 35.7 Å². The van der Waals surface area contributed by atoms with Crippen LogP contribution in [-0.2, 0) is 18.3 Å². The summed E-state index contributed by atoms with van der Waals surface area (Å²) in [5.41, 5.74) is 2.18. The average molecular weight is 301 g/mol. The second kappa shape index (κ2) is 6.34. The van der Waals surface area contributed by atoms with E-state index < -0.39 is 0 Å². The van der Waals surface area contributed by atoms with E-state index in [1.807, 2.05) is 35.8 Å². The zero-order valence-corrected chi connectivity index (χ0v) is 13.2. The van der Waals surface area contributed by atoms with Crippen LogP contribution in [0.15, 0.2) is 18.5 Å². The molecule has 0 saturated carbocycles. The Morgan fingerprint density at radius 2 is 2.36 bits per heavy atom. The van der Waals surface area contributed by atoms with Crippen LogP contribution in [0.25, 0.3) is 0 Å². The van der Waals surface area contributed by atoms with Crippen LogP contribution in [0, 0.1) is 6.92 Å². The van der Waals surface area contributed by atoms with Gasteiger partial charge in [0.25, 0.3) is 0 Å². The van der Waals surface area contributed by atoms with Crippen molar-refractivity contribution in [1.29, 1.82) is 0 Å². The molecule has 1 aliphatic rings. The van der Waals surface area contributed by atoms with Crippen molar-refractivity contribution in [3.63, 3.8) is 0 Å². The molecule has 0 bridgehead atoms. The maximum absolute atomic E-state index is 12.5. The largest absolute Gasteiger partial charge is 0.346 e. The molecule has 1 N–H and O–H groups in total. The van der Waals surface area contributed by atoms with E-state index in [1.54, 1.807) is 6.20 Å². The summed E-state index contributed by atoms with van der Waals surface area (Å²) in [7, 11) is 1.91. The molecule has 22 heavy (non-hydrogen) atoms. The standard InChI is InChI=1S/C16H23N5O/c1-12-10-17-16(19-12)13-4-3-9-21(11-13)15(22)6-5-14-7-8-18-20(14)2/h7-8,10,13H,3-6,9,11H2,1-2H3,(H,17,19)/t13-/m0/s1. The number of piperidine rings is 1. The fourth-order valence-electron chi connectivity index (χ4n) is 3.11. The third-order valence-electron chi connectivity index (χ3n) is 4.40. The molecule has 1 atom stereocenters. The number of carbonyl (C=O) groups excluding carboxylic acids is 1. The Balaban J connectivity index is 1.57. The average Bonchev–Trinajstić information content (AvgIpc) is 3.13. The van der Waals surface area contributed by atoms with Gasteiger partial charge in [-0.3, -0.25) is 9.48 Å². The molecule has 1 amide bonds. The second-order valence-corrected chi connectivity index (χ2v) is 6.08. The van der Waals surface area contributed by atoms with Gasteiger partial charge in [0.2, 0.25) is 5.91 Å². The molecule has 1 aliphatic heterocycles. The van der Waals surface area contributed by atoms with Gasteiger partial charge in [-0.15, -0.1) is 0 Å². The maximum Gasteiger partial charge on any atom is 0.222 e. The Hall–Kier alpha value is -2.11. The van der Waals surface area contributed by atoms with E-state index >= 15 is 0 Å². The predicted molar refractivity (Wildman–Crippen MR) is 83.4 cm³/mol. The molecule has 3 rings (SSSR count). The van der Waals surface area contributed by atoms with E-state index in [2.05, 4.69) is 15.1 Å². The highest BCUT2D eigenvalue weighted by Crippen LogP contribution is 2.25. The minimum Gasteiger partial charge on any atom is -0.346 e. The van der Waals surface area contributed by atoms with Gasteiger partial charge < -0.3 is 9.88 Å². The Labute approximate surface area is 130 Å². The summed E-state index contributed by atoms with van der Waals surface area (Å²) in [6.07, 6.45) is 7.06. The molecule has 0 spiro atoms. The number of nitrogens with one attached hydrogen (secondary N) is 1. The highest BCUT2D eigenvalue weighted by Gasteiger charge is 2.26. The van der Waals surface area contributed by atoms with E-state index in [4.69, 9.17) is 0 Å². The normalized spacial score (nSPS) is 18.6.